The van der Waals surface area contributed by atoms with Crippen molar-refractivity contribution in [2.24, 2.45) is 7.05 Å². The third kappa shape index (κ3) is 3.18. The van der Waals surface area contributed by atoms with Crippen LogP contribution in [0.3, 0.4) is 0 Å². The molecule has 0 radical (unpaired) electrons. The number of nitrogens with zero attached hydrogens (tertiary/aromatic N) is 4. The molecule has 0 atom stereocenters. The topological polar surface area (TPSA) is 88.5 Å². The number of hydrogen-bond donors (Lipinski definition) is 2. The number of rotatable bonds is 5. The molecule has 0 spiro atoms. The standard InChI is InChI=1S/C12H18N6O/c1-4-5-9-6-10(18(3)17-9)12(19)13-7-11-14-8(2)15-16-11/h6H,4-5,7H2,1-3H3,(H,13,19)(H,14,15,16). The molecule has 2 N–H and O–H groups in total. The number of carbonyl (C=O) groups excluding carboxylic acids is 1. The summed E-state index contributed by atoms with van der Waals surface area (Å²) in [5.74, 6) is 1.14. The van der Waals surface area contributed by atoms with Crippen LogP contribution in [-0.2, 0) is 20.0 Å². The van der Waals surface area contributed by atoms with Gasteiger partial charge in [0.1, 0.15) is 11.5 Å². The summed E-state index contributed by atoms with van der Waals surface area (Å²) < 4.78 is 1.60. The number of aromatic nitrogens is 5. The van der Waals surface area contributed by atoms with Gasteiger partial charge in [-0.2, -0.15) is 10.2 Å². The van der Waals surface area contributed by atoms with Crippen molar-refractivity contribution in [1.82, 2.24) is 30.3 Å². The minimum absolute atomic E-state index is 0.167. The van der Waals surface area contributed by atoms with Crippen LogP contribution in [0.15, 0.2) is 6.07 Å². The first-order valence-electron chi connectivity index (χ1n) is 6.29. The molecule has 0 saturated heterocycles. The van der Waals surface area contributed by atoms with Gasteiger partial charge in [-0.05, 0) is 19.4 Å². The molecule has 7 heteroatoms. The fraction of sp³-hybridized carbons (Fsp3) is 0.500. The Morgan fingerprint density at radius 1 is 1.53 bits per heavy atom. The molecule has 2 aromatic rings. The SMILES string of the molecule is CCCc1cc(C(=O)NCc2n[nH]c(C)n2)n(C)n1. The lowest BCUT2D eigenvalue weighted by molar-refractivity contribution is 0.0940. The number of amides is 1. The highest BCUT2D eigenvalue weighted by atomic mass is 16.2. The number of H-pyrrole nitrogens is 1. The van der Waals surface area contributed by atoms with Crippen molar-refractivity contribution in [2.45, 2.75) is 33.2 Å². The fourth-order valence-corrected chi connectivity index (χ4v) is 1.84. The number of hydrogen-bond acceptors (Lipinski definition) is 4. The number of carbonyl (C=O) groups is 1. The second-order valence-corrected chi connectivity index (χ2v) is 4.41. The third-order valence-electron chi connectivity index (χ3n) is 2.72. The summed E-state index contributed by atoms with van der Waals surface area (Å²) in [6, 6.07) is 1.82. The van der Waals surface area contributed by atoms with Crippen LogP contribution in [-0.4, -0.2) is 30.9 Å². The van der Waals surface area contributed by atoms with Crippen LogP contribution in [0.5, 0.6) is 0 Å². The van der Waals surface area contributed by atoms with Crippen molar-refractivity contribution in [2.75, 3.05) is 0 Å². The average Bonchev–Trinajstić information content (AvgIpc) is 2.93. The normalized spacial score (nSPS) is 10.7. The highest BCUT2D eigenvalue weighted by molar-refractivity contribution is 5.92. The molecule has 19 heavy (non-hydrogen) atoms. The molecule has 0 saturated carbocycles. The van der Waals surface area contributed by atoms with Crippen LogP contribution in [0.1, 0.15) is 41.2 Å². The van der Waals surface area contributed by atoms with Crippen LogP contribution < -0.4 is 5.32 Å². The van der Waals surface area contributed by atoms with Crippen LogP contribution >= 0.6 is 0 Å². The first-order valence-corrected chi connectivity index (χ1v) is 6.29. The van der Waals surface area contributed by atoms with Crippen molar-refractivity contribution >= 4 is 5.91 Å². The third-order valence-corrected chi connectivity index (χ3v) is 2.72. The summed E-state index contributed by atoms with van der Waals surface area (Å²) >= 11 is 0. The van der Waals surface area contributed by atoms with Gasteiger partial charge in [0, 0.05) is 7.05 Å². The zero-order valence-electron chi connectivity index (χ0n) is 11.4. The van der Waals surface area contributed by atoms with Crippen LogP contribution in [0.4, 0.5) is 0 Å². The lowest BCUT2D eigenvalue weighted by atomic mass is 10.2. The van der Waals surface area contributed by atoms with E-state index < -0.39 is 0 Å². The predicted molar refractivity (Wildman–Crippen MR) is 69.5 cm³/mol. The maximum Gasteiger partial charge on any atom is 0.269 e. The van der Waals surface area contributed by atoms with Gasteiger partial charge >= 0.3 is 0 Å². The van der Waals surface area contributed by atoms with Gasteiger partial charge in [-0.25, -0.2) is 4.98 Å². The zero-order chi connectivity index (χ0) is 13.8. The molecule has 0 aromatic carbocycles. The van der Waals surface area contributed by atoms with E-state index in [2.05, 4.69) is 32.5 Å². The van der Waals surface area contributed by atoms with E-state index in [0.29, 0.717) is 18.1 Å². The maximum atomic E-state index is 12.0. The van der Waals surface area contributed by atoms with E-state index in [9.17, 15) is 4.79 Å². The van der Waals surface area contributed by atoms with E-state index in [1.165, 1.54) is 0 Å². The largest absolute Gasteiger partial charge is 0.343 e. The molecular weight excluding hydrogens is 244 g/mol. The first-order chi connectivity index (χ1) is 9.10. The average molecular weight is 262 g/mol. The predicted octanol–water partition coefficient (Wildman–Crippen LogP) is 0.729. The van der Waals surface area contributed by atoms with E-state index in [1.807, 2.05) is 13.0 Å². The highest BCUT2D eigenvalue weighted by Gasteiger charge is 2.13. The summed E-state index contributed by atoms with van der Waals surface area (Å²) in [4.78, 5) is 16.2. The number of aromatic amines is 1. The van der Waals surface area contributed by atoms with Gasteiger partial charge in [0.15, 0.2) is 5.82 Å². The Labute approximate surface area is 111 Å². The number of aryl methyl sites for hydroxylation is 3. The van der Waals surface area contributed by atoms with Crippen LogP contribution in [0.2, 0.25) is 0 Å². The van der Waals surface area contributed by atoms with Gasteiger partial charge in [0.25, 0.3) is 5.91 Å². The van der Waals surface area contributed by atoms with Crippen LogP contribution in [0.25, 0.3) is 0 Å². The molecule has 1 amide bonds. The summed E-state index contributed by atoms with van der Waals surface area (Å²) in [6.45, 7) is 4.20. The monoisotopic (exact) mass is 262 g/mol. The lowest BCUT2D eigenvalue weighted by Crippen LogP contribution is -2.25. The summed E-state index contributed by atoms with van der Waals surface area (Å²) in [5, 5.41) is 13.8. The molecule has 0 aliphatic rings. The van der Waals surface area contributed by atoms with E-state index in [-0.39, 0.29) is 5.91 Å². The molecule has 2 rings (SSSR count). The first kappa shape index (κ1) is 13.3. The molecular formula is C12H18N6O. The molecule has 0 bridgehead atoms. The summed E-state index contributed by atoms with van der Waals surface area (Å²) in [5.41, 5.74) is 1.49. The van der Waals surface area contributed by atoms with E-state index in [0.717, 1.165) is 24.4 Å². The maximum absolute atomic E-state index is 12.0. The molecule has 0 aliphatic carbocycles. The van der Waals surface area contributed by atoms with Gasteiger partial charge in [0.05, 0.1) is 12.2 Å². The van der Waals surface area contributed by atoms with E-state index >= 15 is 0 Å². The summed E-state index contributed by atoms with van der Waals surface area (Å²) in [7, 11) is 1.77. The molecule has 7 nitrogen and oxygen atoms in total. The van der Waals surface area contributed by atoms with Gasteiger partial charge in [-0.15, -0.1) is 0 Å². The Hall–Kier alpha value is -2.18. The highest BCUT2D eigenvalue weighted by Crippen LogP contribution is 2.05. The minimum atomic E-state index is -0.167. The molecule has 0 fully saturated rings. The van der Waals surface area contributed by atoms with Gasteiger partial charge in [-0.3, -0.25) is 14.6 Å². The molecule has 2 heterocycles. The minimum Gasteiger partial charge on any atom is -0.343 e. The second kappa shape index (κ2) is 5.64. The van der Waals surface area contributed by atoms with Crippen molar-refractivity contribution < 1.29 is 4.79 Å². The van der Waals surface area contributed by atoms with Crippen molar-refractivity contribution in [3.8, 4) is 0 Å². The second-order valence-electron chi connectivity index (χ2n) is 4.41. The Kier molecular flexibility index (Phi) is 3.94. The molecule has 0 unspecified atom stereocenters. The van der Waals surface area contributed by atoms with Gasteiger partial charge in [-0.1, -0.05) is 13.3 Å². The smallest absolute Gasteiger partial charge is 0.269 e. The Morgan fingerprint density at radius 2 is 2.32 bits per heavy atom. The van der Waals surface area contributed by atoms with E-state index in [1.54, 1.807) is 11.7 Å². The molecule has 0 aliphatic heterocycles. The van der Waals surface area contributed by atoms with Crippen LogP contribution in [0, 0.1) is 6.92 Å². The van der Waals surface area contributed by atoms with E-state index in [4.69, 9.17) is 0 Å². The van der Waals surface area contributed by atoms with Crippen molar-refractivity contribution in [1.29, 1.82) is 0 Å². The Balaban J connectivity index is 1.99. The van der Waals surface area contributed by atoms with Gasteiger partial charge in [0.2, 0.25) is 0 Å². The molecule has 2 aromatic heterocycles. The van der Waals surface area contributed by atoms with Crippen molar-refractivity contribution in [3.63, 3.8) is 0 Å². The fourth-order valence-electron chi connectivity index (χ4n) is 1.84. The van der Waals surface area contributed by atoms with Crippen molar-refractivity contribution in [3.05, 3.63) is 29.1 Å². The Morgan fingerprint density at radius 3 is 2.95 bits per heavy atom. The quantitative estimate of drug-likeness (QED) is 0.831. The number of nitrogens with one attached hydrogen (secondary N) is 2. The lowest BCUT2D eigenvalue weighted by Gasteiger charge is -2.02. The molecule has 102 valence electrons. The summed E-state index contributed by atoms with van der Waals surface area (Å²) in [6.07, 6.45) is 1.88. The zero-order valence-corrected chi connectivity index (χ0v) is 11.4. The van der Waals surface area contributed by atoms with Gasteiger partial charge < -0.3 is 5.32 Å². The Bertz CT molecular complexity index is 571.